The maximum absolute atomic E-state index is 12.8. The van der Waals surface area contributed by atoms with E-state index < -0.39 is 0 Å². The molecule has 2 aliphatic heterocycles. The Morgan fingerprint density at radius 2 is 1.94 bits per heavy atom. The minimum absolute atomic E-state index is 0.0422. The lowest BCUT2D eigenvalue weighted by Gasteiger charge is -2.41. The molecular formula is C15H28N2O. The molecule has 1 atom stereocenters. The number of amides is 1. The smallest absolute Gasteiger partial charge is 0.230 e. The van der Waals surface area contributed by atoms with Crippen molar-refractivity contribution in [1.82, 2.24) is 9.80 Å². The lowest BCUT2D eigenvalue weighted by Crippen LogP contribution is -2.52. The van der Waals surface area contributed by atoms with Crippen molar-refractivity contribution < 1.29 is 4.79 Å². The molecule has 1 unspecified atom stereocenters. The molecule has 0 saturated carbocycles. The van der Waals surface area contributed by atoms with E-state index in [0.717, 1.165) is 45.6 Å². The van der Waals surface area contributed by atoms with Crippen LogP contribution < -0.4 is 0 Å². The summed E-state index contributed by atoms with van der Waals surface area (Å²) in [5.74, 6) is 0.430. The van der Waals surface area contributed by atoms with E-state index in [1.807, 2.05) is 0 Å². The summed E-state index contributed by atoms with van der Waals surface area (Å²) in [7, 11) is 0. The zero-order valence-corrected chi connectivity index (χ0v) is 12.5. The van der Waals surface area contributed by atoms with Gasteiger partial charge in [-0.2, -0.15) is 0 Å². The van der Waals surface area contributed by atoms with Crippen LogP contribution in [-0.4, -0.2) is 48.4 Å². The molecule has 0 N–H and O–H groups in total. The monoisotopic (exact) mass is 252 g/mol. The van der Waals surface area contributed by atoms with Crippen molar-refractivity contribution in [3.05, 3.63) is 0 Å². The molecule has 1 amide bonds. The lowest BCUT2D eigenvalue weighted by atomic mass is 9.77. The number of carbonyl (C=O) groups is 1. The maximum atomic E-state index is 12.8. The quantitative estimate of drug-likeness (QED) is 0.753. The summed E-state index contributed by atoms with van der Waals surface area (Å²) in [5.41, 5.74) is 0.163. The topological polar surface area (TPSA) is 23.6 Å². The third-order valence-corrected chi connectivity index (χ3v) is 4.37. The van der Waals surface area contributed by atoms with E-state index in [4.69, 9.17) is 0 Å². The van der Waals surface area contributed by atoms with Crippen LogP contribution in [0.1, 0.15) is 47.0 Å². The van der Waals surface area contributed by atoms with Gasteiger partial charge in [0.1, 0.15) is 0 Å². The lowest BCUT2D eigenvalue weighted by molar-refractivity contribution is -0.147. The Kier molecular flexibility index (Phi) is 3.72. The normalized spacial score (nSPS) is 30.4. The van der Waals surface area contributed by atoms with E-state index in [0.29, 0.717) is 5.91 Å². The number of rotatable bonds is 2. The number of nitrogens with zero attached hydrogens (tertiary/aromatic N) is 2. The van der Waals surface area contributed by atoms with Crippen molar-refractivity contribution in [2.24, 2.45) is 10.8 Å². The van der Waals surface area contributed by atoms with Gasteiger partial charge in [-0.25, -0.2) is 0 Å². The van der Waals surface area contributed by atoms with E-state index in [1.54, 1.807) is 0 Å². The predicted octanol–water partition coefficient (Wildman–Crippen LogP) is 2.37. The first-order valence-electron chi connectivity index (χ1n) is 7.38. The van der Waals surface area contributed by atoms with Crippen molar-refractivity contribution in [3.63, 3.8) is 0 Å². The molecule has 0 bridgehead atoms. The Balaban J connectivity index is 2.08. The molecule has 0 radical (unpaired) electrons. The van der Waals surface area contributed by atoms with Gasteiger partial charge >= 0.3 is 0 Å². The van der Waals surface area contributed by atoms with E-state index in [9.17, 15) is 4.79 Å². The summed E-state index contributed by atoms with van der Waals surface area (Å²) in [6.45, 7) is 13.9. The summed E-state index contributed by atoms with van der Waals surface area (Å²) >= 11 is 0. The summed E-state index contributed by atoms with van der Waals surface area (Å²) in [6, 6.07) is 0. The van der Waals surface area contributed by atoms with Crippen LogP contribution in [0.2, 0.25) is 0 Å². The van der Waals surface area contributed by atoms with Gasteiger partial charge in [0.05, 0.1) is 5.41 Å². The number of hydrogen-bond donors (Lipinski definition) is 0. The van der Waals surface area contributed by atoms with Crippen LogP contribution in [0.25, 0.3) is 0 Å². The van der Waals surface area contributed by atoms with Crippen LogP contribution in [0.3, 0.4) is 0 Å². The van der Waals surface area contributed by atoms with Crippen LogP contribution >= 0.6 is 0 Å². The first-order valence-corrected chi connectivity index (χ1v) is 7.38. The van der Waals surface area contributed by atoms with Crippen LogP contribution in [-0.2, 0) is 4.79 Å². The SMILES string of the molecule is CCN1CCC2(CCCN(CC(C)(C)C)C2=O)C1. The summed E-state index contributed by atoms with van der Waals surface area (Å²) < 4.78 is 0. The molecule has 0 aromatic carbocycles. The average molecular weight is 252 g/mol. The van der Waals surface area contributed by atoms with E-state index in [-0.39, 0.29) is 10.8 Å². The molecule has 2 heterocycles. The highest BCUT2D eigenvalue weighted by atomic mass is 16.2. The number of carbonyl (C=O) groups excluding carboxylic acids is 1. The first-order chi connectivity index (χ1) is 8.36. The molecule has 0 aliphatic carbocycles. The number of hydrogen-bond acceptors (Lipinski definition) is 2. The highest BCUT2D eigenvalue weighted by Crippen LogP contribution is 2.40. The molecule has 2 saturated heterocycles. The van der Waals surface area contributed by atoms with Gasteiger partial charge in [0.2, 0.25) is 5.91 Å². The van der Waals surface area contributed by atoms with Crippen LogP contribution in [0.15, 0.2) is 0 Å². The van der Waals surface area contributed by atoms with Crippen LogP contribution in [0.4, 0.5) is 0 Å². The van der Waals surface area contributed by atoms with Gasteiger partial charge in [-0.15, -0.1) is 0 Å². The Labute approximate surface area is 112 Å². The van der Waals surface area contributed by atoms with Crippen molar-refractivity contribution in [2.75, 3.05) is 32.7 Å². The molecule has 0 aromatic heterocycles. The largest absolute Gasteiger partial charge is 0.342 e. The maximum Gasteiger partial charge on any atom is 0.230 e. The molecule has 18 heavy (non-hydrogen) atoms. The van der Waals surface area contributed by atoms with Gasteiger partial charge < -0.3 is 9.80 Å². The minimum Gasteiger partial charge on any atom is -0.342 e. The number of piperidine rings is 1. The molecule has 2 aliphatic rings. The van der Waals surface area contributed by atoms with E-state index >= 15 is 0 Å². The van der Waals surface area contributed by atoms with Gasteiger partial charge in [-0.1, -0.05) is 27.7 Å². The molecule has 104 valence electrons. The van der Waals surface area contributed by atoms with Crippen molar-refractivity contribution in [2.45, 2.75) is 47.0 Å². The van der Waals surface area contributed by atoms with Crippen LogP contribution in [0, 0.1) is 10.8 Å². The number of likely N-dealkylation sites (tertiary alicyclic amines) is 2. The predicted molar refractivity (Wildman–Crippen MR) is 74.4 cm³/mol. The van der Waals surface area contributed by atoms with Crippen LogP contribution in [0.5, 0.6) is 0 Å². The van der Waals surface area contributed by atoms with Gasteiger partial charge in [0.25, 0.3) is 0 Å². The van der Waals surface area contributed by atoms with E-state index in [1.165, 1.54) is 6.42 Å². The van der Waals surface area contributed by atoms with Crippen molar-refractivity contribution >= 4 is 5.91 Å². The standard InChI is InChI=1S/C15H28N2O/c1-5-16-10-8-15(12-16)7-6-9-17(13(15)18)11-14(2,3)4/h5-12H2,1-4H3. The zero-order chi connectivity index (χ0) is 13.4. The van der Waals surface area contributed by atoms with Gasteiger partial charge in [0, 0.05) is 19.6 Å². The summed E-state index contributed by atoms with van der Waals surface area (Å²) in [5, 5.41) is 0. The van der Waals surface area contributed by atoms with Crippen molar-refractivity contribution in [1.29, 1.82) is 0 Å². The molecular weight excluding hydrogens is 224 g/mol. The fourth-order valence-corrected chi connectivity index (χ4v) is 3.48. The highest BCUT2D eigenvalue weighted by molar-refractivity contribution is 5.84. The summed E-state index contributed by atoms with van der Waals surface area (Å²) in [4.78, 5) is 17.3. The third-order valence-electron chi connectivity index (χ3n) is 4.37. The second-order valence-electron chi connectivity index (χ2n) is 7.29. The Hall–Kier alpha value is -0.570. The Bertz CT molecular complexity index is 321. The second-order valence-corrected chi connectivity index (χ2v) is 7.29. The zero-order valence-electron chi connectivity index (χ0n) is 12.5. The van der Waals surface area contributed by atoms with Gasteiger partial charge in [-0.05, 0) is 37.8 Å². The fourth-order valence-electron chi connectivity index (χ4n) is 3.48. The van der Waals surface area contributed by atoms with Gasteiger partial charge in [0.15, 0.2) is 0 Å². The first kappa shape index (κ1) is 13.9. The molecule has 1 spiro atoms. The average Bonchev–Trinajstić information content (AvgIpc) is 2.68. The summed E-state index contributed by atoms with van der Waals surface area (Å²) in [6.07, 6.45) is 3.35. The Morgan fingerprint density at radius 1 is 1.22 bits per heavy atom. The molecule has 2 rings (SSSR count). The molecule has 3 heteroatoms. The minimum atomic E-state index is -0.0422. The van der Waals surface area contributed by atoms with E-state index in [2.05, 4.69) is 37.5 Å². The molecule has 3 nitrogen and oxygen atoms in total. The van der Waals surface area contributed by atoms with Crippen molar-refractivity contribution in [3.8, 4) is 0 Å². The Morgan fingerprint density at radius 3 is 2.50 bits per heavy atom. The third kappa shape index (κ3) is 2.71. The second kappa shape index (κ2) is 4.84. The fraction of sp³-hybridized carbons (Fsp3) is 0.933. The molecule has 0 aromatic rings. The molecule has 2 fully saturated rings. The van der Waals surface area contributed by atoms with Gasteiger partial charge in [-0.3, -0.25) is 4.79 Å². The highest BCUT2D eigenvalue weighted by Gasteiger charge is 2.48.